The number of sulfone groups is 1. The molecular formula is C19H25N3O4S. The minimum absolute atomic E-state index is 0.358. The smallest absolute Gasteiger partial charge is 0.257 e. The SMILES string of the molecule is CC(C)S(=O)(=O)CC(=O)N1CCCCCC1c1noc(-c2ccccc2)n1. The Morgan fingerprint density at radius 1 is 1.22 bits per heavy atom. The van der Waals surface area contributed by atoms with Crippen LogP contribution < -0.4 is 0 Å². The molecule has 146 valence electrons. The van der Waals surface area contributed by atoms with E-state index in [2.05, 4.69) is 10.1 Å². The van der Waals surface area contributed by atoms with Crippen molar-refractivity contribution in [3.63, 3.8) is 0 Å². The predicted molar refractivity (Wildman–Crippen MR) is 102 cm³/mol. The van der Waals surface area contributed by atoms with Gasteiger partial charge in [-0.25, -0.2) is 8.42 Å². The Morgan fingerprint density at radius 3 is 2.67 bits per heavy atom. The molecule has 1 aliphatic heterocycles. The van der Waals surface area contributed by atoms with Crippen LogP contribution in [0.15, 0.2) is 34.9 Å². The van der Waals surface area contributed by atoms with Gasteiger partial charge in [0.15, 0.2) is 15.7 Å². The molecule has 0 spiro atoms. The molecule has 1 atom stereocenters. The third-order valence-electron chi connectivity index (χ3n) is 4.88. The van der Waals surface area contributed by atoms with E-state index in [0.717, 1.165) is 24.8 Å². The fourth-order valence-electron chi connectivity index (χ4n) is 3.17. The van der Waals surface area contributed by atoms with E-state index in [-0.39, 0.29) is 11.9 Å². The van der Waals surface area contributed by atoms with E-state index in [4.69, 9.17) is 4.52 Å². The van der Waals surface area contributed by atoms with Gasteiger partial charge in [-0.2, -0.15) is 4.98 Å². The van der Waals surface area contributed by atoms with Crippen LogP contribution in [0.25, 0.3) is 11.5 Å². The molecule has 2 heterocycles. The molecule has 2 aromatic rings. The van der Waals surface area contributed by atoms with Crippen molar-refractivity contribution in [1.29, 1.82) is 0 Å². The number of carbonyl (C=O) groups is 1. The van der Waals surface area contributed by atoms with Crippen LogP contribution in [-0.2, 0) is 14.6 Å². The maximum Gasteiger partial charge on any atom is 0.257 e. The Kier molecular flexibility index (Phi) is 5.94. The molecule has 0 aliphatic carbocycles. The summed E-state index contributed by atoms with van der Waals surface area (Å²) in [6.45, 7) is 3.69. The van der Waals surface area contributed by atoms with Crippen LogP contribution in [0.3, 0.4) is 0 Å². The Labute approximate surface area is 159 Å². The molecule has 1 aromatic carbocycles. The predicted octanol–water partition coefficient (Wildman–Crippen LogP) is 3.00. The molecule has 0 bridgehead atoms. The molecule has 1 unspecified atom stereocenters. The summed E-state index contributed by atoms with van der Waals surface area (Å²) in [5.41, 5.74) is 0.810. The van der Waals surface area contributed by atoms with E-state index in [1.165, 1.54) is 0 Å². The molecule has 0 radical (unpaired) electrons. The summed E-state index contributed by atoms with van der Waals surface area (Å²) >= 11 is 0. The fourth-order valence-corrected chi connectivity index (χ4v) is 4.01. The number of carbonyl (C=O) groups excluding carboxylic acids is 1. The number of hydrogen-bond acceptors (Lipinski definition) is 6. The van der Waals surface area contributed by atoms with E-state index in [1.54, 1.807) is 18.7 Å². The average molecular weight is 391 g/mol. The maximum atomic E-state index is 12.8. The summed E-state index contributed by atoms with van der Waals surface area (Å²) in [4.78, 5) is 18.9. The summed E-state index contributed by atoms with van der Waals surface area (Å²) < 4.78 is 29.8. The van der Waals surface area contributed by atoms with Crippen LogP contribution in [0.4, 0.5) is 0 Å². The van der Waals surface area contributed by atoms with Crippen LogP contribution in [0.1, 0.15) is 51.4 Å². The standard InChI is InChI=1S/C19H25N3O4S/c1-14(2)27(24,25)13-17(23)22-12-8-4-7-11-16(22)18-20-19(26-21-18)15-9-5-3-6-10-15/h3,5-6,9-10,14,16H,4,7-8,11-13H2,1-2H3. The van der Waals surface area contributed by atoms with E-state index in [0.29, 0.717) is 24.7 Å². The number of likely N-dealkylation sites (tertiary alicyclic amines) is 1. The highest BCUT2D eigenvalue weighted by atomic mass is 32.2. The van der Waals surface area contributed by atoms with Crippen molar-refractivity contribution in [3.8, 4) is 11.5 Å². The van der Waals surface area contributed by atoms with E-state index in [9.17, 15) is 13.2 Å². The topological polar surface area (TPSA) is 93.4 Å². The van der Waals surface area contributed by atoms with E-state index < -0.39 is 20.8 Å². The second kappa shape index (κ2) is 8.21. The summed E-state index contributed by atoms with van der Waals surface area (Å²) in [5, 5.41) is 3.51. The molecule has 1 fully saturated rings. The second-order valence-corrected chi connectivity index (χ2v) is 9.69. The van der Waals surface area contributed by atoms with Crippen LogP contribution in [-0.4, -0.2) is 46.9 Å². The first kappa shape index (κ1) is 19.5. The number of benzene rings is 1. The fraction of sp³-hybridized carbons (Fsp3) is 0.526. The zero-order chi connectivity index (χ0) is 19.4. The van der Waals surface area contributed by atoms with Gasteiger partial charge in [0.05, 0.1) is 11.3 Å². The number of nitrogens with zero attached hydrogens (tertiary/aromatic N) is 3. The van der Waals surface area contributed by atoms with Gasteiger partial charge in [-0.15, -0.1) is 0 Å². The Balaban J connectivity index is 1.85. The summed E-state index contributed by atoms with van der Waals surface area (Å²) in [6, 6.07) is 9.07. The Morgan fingerprint density at radius 2 is 1.96 bits per heavy atom. The normalized spacial score (nSPS) is 18.5. The molecule has 0 N–H and O–H groups in total. The number of hydrogen-bond donors (Lipinski definition) is 0. The van der Waals surface area contributed by atoms with Gasteiger partial charge in [-0.05, 0) is 38.8 Å². The number of amides is 1. The van der Waals surface area contributed by atoms with Crippen LogP contribution in [0.2, 0.25) is 0 Å². The molecule has 27 heavy (non-hydrogen) atoms. The van der Waals surface area contributed by atoms with Gasteiger partial charge in [0.25, 0.3) is 5.89 Å². The largest absolute Gasteiger partial charge is 0.334 e. The third kappa shape index (κ3) is 4.55. The lowest BCUT2D eigenvalue weighted by atomic mass is 10.1. The molecule has 0 saturated carbocycles. The van der Waals surface area contributed by atoms with Gasteiger partial charge in [0.2, 0.25) is 5.91 Å². The highest BCUT2D eigenvalue weighted by Gasteiger charge is 2.33. The highest BCUT2D eigenvalue weighted by molar-refractivity contribution is 7.92. The van der Waals surface area contributed by atoms with Crippen LogP contribution in [0, 0.1) is 0 Å². The molecular weight excluding hydrogens is 366 g/mol. The van der Waals surface area contributed by atoms with Gasteiger partial charge in [0.1, 0.15) is 5.75 Å². The van der Waals surface area contributed by atoms with E-state index >= 15 is 0 Å². The van der Waals surface area contributed by atoms with Crippen molar-refractivity contribution in [2.45, 2.75) is 50.8 Å². The maximum absolute atomic E-state index is 12.8. The molecule has 1 saturated heterocycles. The first-order chi connectivity index (χ1) is 12.9. The monoisotopic (exact) mass is 391 g/mol. The lowest BCUT2D eigenvalue weighted by Crippen LogP contribution is -2.40. The van der Waals surface area contributed by atoms with Gasteiger partial charge in [-0.1, -0.05) is 36.2 Å². The molecule has 1 aliphatic rings. The first-order valence-corrected chi connectivity index (χ1v) is 11.0. The number of rotatable bonds is 5. The van der Waals surface area contributed by atoms with Crippen molar-refractivity contribution < 1.29 is 17.7 Å². The summed E-state index contributed by atoms with van der Waals surface area (Å²) in [5.74, 6) is -0.0327. The zero-order valence-corrected chi connectivity index (χ0v) is 16.5. The van der Waals surface area contributed by atoms with Crippen molar-refractivity contribution in [2.75, 3.05) is 12.3 Å². The van der Waals surface area contributed by atoms with Gasteiger partial charge in [-0.3, -0.25) is 4.79 Å². The highest BCUT2D eigenvalue weighted by Crippen LogP contribution is 2.30. The summed E-state index contributed by atoms with van der Waals surface area (Å²) in [7, 11) is -3.46. The third-order valence-corrected chi connectivity index (χ3v) is 6.96. The van der Waals surface area contributed by atoms with Crippen molar-refractivity contribution in [2.24, 2.45) is 0 Å². The quantitative estimate of drug-likeness (QED) is 0.778. The van der Waals surface area contributed by atoms with Crippen molar-refractivity contribution in [3.05, 3.63) is 36.2 Å². The van der Waals surface area contributed by atoms with Crippen LogP contribution in [0.5, 0.6) is 0 Å². The summed E-state index contributed by atoms with van der Waals surface area (Å²) in [6.07, 6.45) is 3.45. The Bertz CT molecular complexity index is 877. The Hall–Kier alpha value is -2.22. The molecule has 8 heteroatoms. The van der Waals surface area contributed by atoms with Gasteiger partial charge < -0.3 is 9.42 Å². The van der Waals surface area contributed by atoms with Gasteiger partial charge >= 0.3 is 0 Å². The minimum Gasteiger partial charge on any atom is -0.334 e. The lowest BCUT2D eigenvalue weighted by molar-refractivity contribution is -0.131. The molecule has 1 aromatic heterocycles. The molecule has 7 nitrogen and oxygen atoms in total. The van der Waals surface area contributed by atoms with Crippen molar-refractivity contribution in [1.82, 2.24) is 15.0 Å². The number of aromatic nitrogens is 2. The van der Waals surface area contributed by atoms with Gasteiger partial charge in [0, 0.05) is 12.1 Å². The zero-order valence-electron chi connectivity index (χ0n) is 15.7. The molecule has 3 rings (SSSR count). The minimum atomic E-state index is -3.46. The first-order valence-electron chi connectivity index (χ1n) is 9.28. The van der Waals surface area contributed by atoms with Crippen LogP contribution >= 0.6 is 0 Å². The molecule has 1 amide bonds. The van der Waals surface area contributed by atoms with Crippen molar-refractivity contribution >= 4 is 15.7 Å². The average Bonchev–Trinajstić information content (AvgIpc) is 2.99. The lowest BCUT2D eigenvalue weighted by Gasteiger charge is -2.28. The second-order valence-electron chi connectivity index (χ2n) is 7.13. The van der Waals surface area contributed by atoms with E-state index in [1.807, 2.05) is 30.3 Å².